The Morgan fingerprint density at radius 3 is 2.36 bits per heavy atom. The van der Waals surface area contributed by atoms with Gasteiger partial charge in [0.15, 0.2) is 0 Å². The Morgan fingerprint density at radius 2 is 1.76 bits per heavy atom. The minimum Gasteiger partial charge on any atom is -0.497 e. The number of nitrogens with zero attached hydrogens (tertiary/aromatic N) is 1. The summed E-state index contributed by atoms with van der Waals surface area (Å²) in [6.07, 6.45) is 4.70. The predicted molar refractivity (Wildman–Crippen MR) is 133 cm³/mol. The van der Waals surface area contributed by atoms with Crippen LogP contribution < -0.4 is 9.47 Å². The van der Waals surface area contributed by atoms with Crippen molar-refractivity contribution in [2.45, 2.75) is 34.1 Å². The van der Waals surface area contributed by atoms with E-state index in [1.807, 2.05) is 43.0 Å². The first-order valence-electron chi connectivity index (χ1n) is 11.5. The summed E-state index contributed by atoms with van der Waals surface area (Å²) in [4.78, 5) is 15.1. The van der Waals surface area contributed by atoms with Gasteiger partial charge in [0.25, 0.3) is 0 Å². The van der Waals surface area contributed by atoms with Crippen molar-refractivity contribution in [2.24, 2.45) is 11.8 Å². The minimum atomic E-state index is 0.0632. The number of rotatable bonds is 5. The van der Waals surface area contributed by atoms with Crippen molar-refractivity contribution in [1.29, 1.82) is 0 Å². The summed E-state index contributed by atoms with van der Waals surface area (Å²) in [5, 5.41) is 0.994. The summed E-state index contributed by atoms with van der Waals surface area (Å²) in [5.74, 6) is 2.66. The number of benzene rings is 2. The number of amides is 1. The van der Waals surface area contributed by atoms with Crippen LogP contribution in [0.4, 0.5) is 0 Å². The Balaban J connectivity index is 1.76. The van der Waals surface area contributed by atoms with Crippen molar-refractivity contribution in [3.63, 3.8) is 0 Å². The average Bonchev–Trinajstić information content (AvgIpc) is 3.22. The number of fused-ring (bicyclic) bond motifs is 1. The summed E-state index contributed by atoms with van der Waals surface area (Å²) in [5.41, 5.74) is 5.54. The molecule has 0 spiro atoms. The first-order chi connectivity index (χ1) is 15.8. The molecular formula is C28H33NO4. The fraction of sp³-hybridized carbons (Fsp3) is 0.393. The van der Waals surface area contributed by atoms with E-state index in [1.165, 1.54) is 6.42 Å². The lowest BCUT2D eigenvalue weighted by Gasteiger charge is -2.34. The molecule has 5 nitrogen and oxygen atoms in total. The summed E-state index contributed by atoms with van der Waals surface area (Å²) in [6.45, 7) is 10.0. The molecule has 0 N–H and O–H groups in total. The number of carbonyl (C=O) groups excluding carboxylic acids is 1. The van der Waals surface area contributed by atoms with Crippen LogP contribution in [0.3, 0.4) is 0 Å². The van der Waals surface area contributed by atoms with Crippen LogP contribution in [0.5, 0.6) is 11.5 Å². The van der Waals surface area contributed by atoms with Gasteiger partial charge in [-0.1, -0.05) is 26.0 Å². The Hall–Kier alpha value is -3.21. The van der Waals surface area contributed by atoms with E-state index in [9.17, 15) is 4.79 Å². The smallest absolute Gasteiger partial charge is 0.246 e. The van der Waals surface area contributed by atoms with Gasteiger partial charge >= 0.3 is 0 Å². The second-order valence-electron chi connectivity index (χ2n) is 9.35. The lowest BCUT2D eigenvalue weighted by atomic mass is 9.91. The molecular weight excluding hydrogens is 414 g/mol. The zero-order chi connectivity index (χ0) is 23.7. The molecule has 2 aromatic carbocycles. The third kappa shape index (κ3) is 4.50. The maximum absolute atomic E-state index is 13.1. The van der Waals surface area contributed by atoms with E-state index in [2.05, 4.69) is 19.9 Å². The van der Waals surface area contributed by atoms with Crippen LogP contribution in [0.2, 0.25) is 0 Å². The average molecular weight is 448 g/mol. The number of allylic oxidation sites excluding steroid dienone is 1. The fourth-order valence-electron chi connectivity index (χ4n) is 5.06. The largest absolute Gasteiger partial charge is 0.497 e. The van der Waals surface area contributed by atoms with E-state index in [-0.39, 0.29) is 5.91 Å². The van der Waals surface area contributed by atoms with Crippen LogP contribution in [-0.2, 0) is 4.79 Å². The van der Waals surface area contributed by atoms with Crippen molar-refractivity contribution in [1.82, 2.24) is 4.90 Å². The fourth-order valence-corrected chi connectivity index (χ4v) is 5.06. The van der Waals surface area contributed by atoms with Crippen LogP contribution in [0.25, 0.3) is 27.7 Å². The number of likely N-dealkylation sites (tertiary alicyclic amines) is 1. The van der Waals surface area contributed by atoms with Gasteiger partial charge in [0.05, 0.1) is 20.5 Å². The molecule has 0 bridgehead atoms. The second kappa shape index (κ2) is 9.34. The van der Waals surface area contributed by atoms with Gasteiger partial charge in [-0.3, -0.25) is 4.79 Å². The van der Waals surface area contributed by atoms with Crippen LogP contribution >= 0.6 is 0 Å². The first-order valence-corrected chi connectivity index (χ1v) is 11.5. The van der Waals surface area contributed by atoms with Crippen LogP contribution in [0.15, 0.2) is 47.1 Å². The zero-order valence-corrected chi connectivity index (χ0v) is 20.4. The molecule has 1 amide bonds. The Kier molecular flexibility index (Phi) is 6.50. The second-order valence-corrected chi connectivity index (χ2v) is 9.35. The molecule has 2 atom stereocenters. The Morgan fingerprint density at radius 1 is 1.09 bits per heavy atom. The number of methoxy groups -OCH3 is 2. The summed E-state index contributed by atoms with van der Waals surface area (Å²) in [6, 6.07) is 10.00. The van der Waals surface area contributed by atoms with Gasteiger partial charge in [-0.2, -0.15) is 0 Å². The molecule has 33 heavy (non-hydrogen) atoms. The SMILES string of the molecule is COc1ccc(-c2coc3c(C)c(OC)c(/C(C)=C/C(=O)N4CC(C)CC(C)C4)cc23)cc1. The van der Waals surface area contributed by atoms with Gasteiger partial charge in [0, 0.05) is 41.2 Å². The van der Waals surface area contributed by atoms with Crippen molar-refractivity contribution >= 4 is 22.4 Å². The number of furan rings is 1. The van der Waals surface area contributed by atoms with Gasteiger partial charge in [-0.05, 0) is 61.4 Å². The van der Waals surface area contributed by atoms with Crippen LogP contribution in [0, 0.1) is 18.8 Å². The number of ether oxygens (including phenoxy) is 2. The number of carbonyl (C=O) groups is 1. The highest BCUT2D eigenvalue weighted by Gasteiger charge is 2.25. The van der Waals surface area contributed by atoms with Gasteiger partial charge in [0.2, 0.25) is 5.91 Å². The molecule has 1 saturated heterocycles. The van der Waals surface area contributed by atoms with Crippen LogP contribution in [-0.4, -0.2) is 38.1 Å². The normalized spacial score (nSPS) is 19.1. The molecule has 0 radical (unpaired) electrons. The molecule has 1 aliphatic rings. The molecule has 2 unspecified atom stereocenters. The molecule has 1 fully saturated rings. The standard InChI is InChI=1S/C28H33NO4/c1-17-11-18(2)15-29(14-17)26(30)12-19(3)23-13-24-25(21-7-9-22(31-5)10-8-21)16-33-28(24)20(4)27(23)32-6/h7-10,12-13,16-18H,11,14-15H2,1-6H3/b19-12+. The molecule has 174 valence electrons. The Bertz CT molecular complexity index is 1180. The van der Waals surface area contributed by atoms with E-state index in [1.54, 1.807) is 26.6 Å². The molecule has 0 saturated carbocycles. The van der Waals surface area contributed by atoms with Crippen molar-refractivity contribution in [3.05, 3.63) is 53.8 Å². The van der Waals surface area contributed by atoms with Gasteiger partial charge in [-0.15, -0.1) is 0 Å². The molecule has 1 aliphatic heterocycles. The van der Waals surface area contributed by atoms with Crippen molar-refractivity contribution in [2.75, 3.05) is 27.3 Å². The van der Waals surface area contributed by atoms with Gasteiger partial charge in [0.1, 0.15) is 17.1 Å². The molecule has 5 heteroatoms. The topological polar surface area (TPSA) is 51.9 Å². The lowest BCUT2D eigenvalue weighted by Crippen LogP contribution is -2.41. The zero-order valence-electron chi connectivity index (χ0n) is 20.4. The molecule has 2 heterocycles. The number of hydrogen-bond donors (Lipinski definition) is 0. The highest BCUT2D eigenvalue weighted by molar-refractivity contribution is 6.01. The van der Waals surface area contributed by atoms with Crippen molar-refractivity contribution in [3.8, 4) is 22.6 Å². The highest BCUT2D eigenvalue weighted by atomic mass is 16.5. The number of piperidine rings is 1. The summed E-state index contributed by atoms with van der Waals surface area (Å²) in [7, 11) is 3.32. The Labute approximate surface area is 196 Å². The summed E-state index contributed by atoms with van der Waals surface area (Å²) < 4.78 is 17.0. The van der Waals surface area contributed by atoms with E-state index in [4.69, 9.17) is 13.9 Å². The first kappa shape index (κ1) is 23.0. The number of hydrogen-bond acceptors (Lipinski definition) is 4. The third-order valence-electron chi connectivity index (χ3n) is 6.59. The predicted octanol–water partition coefficient (Wildman–Crippen LogP) is 6.33. The quantitative estimate of drug-likeness (QED) is 0.429. The molecule has 4 rings (SSSR count). The van der Waals surface area contributed by atoms with Gasteiger partial charge in [-0.25, -0.2) is 0 Å². The van der Waals surface area contributed by atoms with E-state index in [0.29, 0.717) is 11.8 Å². The molecule has 0 aliphatic carbocycles. The maximum atomic E-state index is 13.1. The van der Waals surface area contributed by atoms with Gasteiger partial charge < -0.3 is 18.8 Å². The maximum Gasteiger partial charge on any atom is 0.246 e. The third-order valence-corrected chi connectivity index (χ3v) is 6.59. The summed E-state index contributed by atoms with van der Waals surface area (Å²) >= 11 is 0. The van der Waals surface area contributed by atoms with E-state index in [0.717, 1.165) is 63.4 Å². The highest BCUT2D eigenvalue weighted by Crippen LogP contribution is 2.41. The van der Waals surface area contributed by atoms with E-state index >= 15 is 0 Å². The number of aryl methyl sites for hydroxylation is 1. The lowest BCUT2D eigenvalue weighted by molar-refractivity contribution is -0.128. The van der Waals surface area contributed by atoms with E-state index < -0.39 is 0 Å². The molecule has 3 aromatic rings. The minimum absolute atomic E-state index is 0.0632. The monoisotopic (exact) mass is 447 g/mol. The van der Waals surface area contributed by atoms with Crippen LogP contribution in [0.1, 0.15) is 38.3 Å². The molecule has 1 aromatic heterocycles. The van der Waals surface area contributed by atoms with Crippen molar-refractivity contribution < 1.29 is 18.7 Å².